The van der Waals surface area contributed by atoms with Gasteiger partial charge < -0.3 is 0 Å². The third-order valence-electron chi connectivity index (χ3n) is 2.97. The summed E-state index contributed by atoms with van der Waals surface area (Å²) < 4.78 is 12.7. The van der Waals surface area contributed by atoms with Gasteiger partial charge >= 0.3 is 0 Å². The molecular formula is C13H12ClFO. The third kappa shape index (κ3) is 2.17. The van der Waals surface area contributed by atoms with Gasteiger partial charge in [-0.2, -0.15) is 0 Å². The lowest BCUT2D eigenvalue weighted by Crippen LogP contribution is -2.30. The Bertz CT molecular complexity index is 446. The van der Waals surface area contributed by atoms with Gasteiger partial charge in [0.05, 0.1) is 4.87 Å². The molecule has 0 aromatic heterocycles. The predicted octanol–water partition coefficient (Wildman–Crippen LogP) is 3.73. The first-order valence-corrected chi connectivity index (χ1v) is 5.57. The van der Waals surface area contributed by atoms with E-state index >= 15 is 0 Å². The van der Waals surface area contributed by atoms with Crippen LogP contribution in [0.2, 0.25) is 0 Å². The fourth-order valence-corrected chi connectivity index (χ4v) is 1.94. The molecular weight excluding hydrogens is 227 g/mol. The summed E-state index contributed by atoms with van der Waals surface area (Å²) in [6.07, 6.45) is 3.34. The Morgan fingerprint density at radius 1 is 1.44 bits per heavy atom. The monoisotopic (exact) mass is 238 g/mol. The van der Waals surface area contributed by atoms with Crippen molar-refractivity contribution < 1.29 is 9.18 Å². The van der Waals surface area contributed by atoms with E-state index in [9.17, 15) is 9.18 Å². The summed E-state index contributed by atoms with van der Waals surface area (Å²) in [4.78, 5) is 11.4. The van der Waals surface area contributed by atoms with Gasteiger partial charge in [0.25, 0.3) is 0 Å². The number of benzene rings is 1. The maximum absolute atomic E-state index is 12.7. The molecule has 1 aliphatic carbocycles. The molecule has 1 atom stereocenters. The van der Waals surface area contributed by atoms with Crippen molar-refractivity contribution in [2.45, 2.75) is 24.6 Å². The zero-order valence-electron chi connectivity index (χ0n) is 8.97. The van der Waals surface area contributed by atoms with Gasteiger partial charge in [-0.3, -0.25) is 4.79 Å². The van der Waals surface area contributed by atoms with Crippen LogP contribution in [-0.4, -0.2) is 10.7 Å². The maximum atomic E-state index is 12.7. The number of rotatable bonds is 2. The van der Waals surface area contributed by atoms with Gasteiger partial charge in [-0.15, -0.1) is 11.6 Å². The minimum absolute atomic E-state index is 0.110. The van der Waals surface area contributed by atoms with E-state index in [-0.39, 0.29) is 16.5 Å². The highest BCUT2D eigenvalue weighted by Crippen LogP contribution is 2.43. The molecule has 1 fully saturated rings. The van der Waals surface area contributed by atoms with Crippen LogP contribution in [0, 0.1) is 5.82 Å². The van der Waals surface area contributed by atoms with Crippen molar-refractivity contribution >= 4 is 17.4 Å². The Morgan fingerprint density at radius 2 is 2.06 bits per heavy atom. The molecule has 0 saturated heterocycles. The Morgan fingerprint density at radius 3 is 2.50 bits per heavy atom. The first-order chi connectivity index (χ1) is 7.49. The van der Waals surface area contributed by atoms with Crippen LogP contribution in [0.5, 0.6) is 0 Å². The lowest BCUT2D eigenvalue weighted by molar-refractivity contribution is 0.104. The molecule has 1 aromatic rings. The standard InChI is InChI=1S/C13H12ClFO/c1-13(14)7-6-10(13)8-12(16)9-2-4-11(15)5-3-9/h2-5,8H,6-7H2,1H3/b10-8+. The highest BCUT2D eigenvalue weighted by Gasteiger charge is 2.35. The molecule has 0 heterocycles. The summed E-state index contributed by atoms with van der Waals surface area (Å²) >= 11 is 6.15. The van der Waals surface area contributed by atoms with Crippen LogP contribution >= 0.6 is 11.6 Å². The van der Waals surface area contributed by atoms with Crippen LogP contribution in [0.15, 0.2) is 35.9 Å². The van der Waals surface area contributed by atoms with Crippen LogP contribution < -0.4 is 0 Å². The number of carbonyl (C=O) groups is 1. The van der Waals surface area contributed by atoms with Crippen LogP contribution in [0.4, 0.5) is 4.39 Å². The Labute approximate surface area is 98.9 Å². The first kappa shape index (κ1) is 11.3. The van der Waals surface area contributed by atoms with Crippen LogP contribution in [0.1, 0.15) is 30.1 Å². The van der Waals surface area contributed by atoms with Crippen molar-refractivity contribution in [1.29, 1.82) is 0 Å². The Balaban J connectivity index is 2.18. The number of hydrogen-bond acceptors (Lipinski definition) is 1. The molecule has 0 spiro atoms. The quantitative estimate of drug-likeness (QED) is 0.436. The summed E-state index contributed by atoms with van der Waals surface area (Å²) in [5, 5.41) is 0. The van der Waals surface area contributed by atoms with E-state index < -0.39 is 0 Å². The molecule has 1 unspecified atom stereocenters. The van der Waals surface area contributed by atoms with Crippen molar-refractivity contribution in [2.75, 3.05) is 0 Å². The zero-order chi connectivity index (χ0) is 11.8. The molecule has 0 aliphatic heterocycles. The minimum atomic E-state index is -0.365. The molecule has 0 amide bonds. The molecule has 1 aliphatic rings. The van der Waals surface area contributed by atoms with E-state index in [4.69, 9.17) is 11.6 Å². The number of allylic oxidation sites excluding steroid dienone is 2. The molecule has 1 nitrogen and oxygen atoms in total. The smallest absolute Gasteiger partial charge is 0.185 e. The van der Waals surface area contributed by atoms with Crippen molar-refractivity contribution in [1.82, 2.24) is 0 Å². The van der Waals surface area contributed by atoms with Gasteiger partial charge in [0.15, 0.2) is 5.78 Å². The molecule has 16 heavy (non-hydrogen) atoms. The summed E-state index contributed by atoms with van der Waals surface area (Å²) in [6.45, 7) is 1.90. The second-order valence-corrected chi connectivity index (χ2v) is 5.07. The van der Waals surface area contributed by atoms with E-state index in [0.29, 0.717) is 5.56 Å². The zero-order valence-corrected chi connectivity index (χ0v) is 9.72. The number of alkyl halides is 1. The first-order valence-electron chi connectivity index (χ1n) is 5.19. The van der Waals surface area contributed by atoms with E-state index in [1.165, 1.54) is 24.3 Å². The predicted molar refractivity (Wildman–Crippen MR) is 62.3 cm³/mol. The highest BCUT2D eigenvalue weighted by atomic mass is 35.5. The van der Waals surface area contributed by atoms with E-state index in [0.717, 1.165) is 18.4 Å². The lowest BCUT2D eigenvalue weighted by Gasteiger charge is -2.35. The summed E-state index contributed by atoms with van der Waals surface area (Å²) in [5.41, 5.74) is 1.46. The number of carbonyl (C=O) groups excluding carboxylic acids is 1. The summed E-state index contributed by atoms with van der Waals surface area (Å²) in [7, 11) is 0. The molecule has 0 radical (unpaired) electrons. The normalized spacial score (nSPS) is 26.6. The van der Waals surface area contributed by atoms with E-state index in [1.807, 2.05) is 6.92 Å². The van der Waals surface area contributed by atoms with E-state index in [1.54, 1.807) is 6.08 Å². The van der Waals surface area contributed by atoms with Gasteiger partial charge in [-0.1, -0.05) is 0 Å². The Hall–Kier alpha value is -1.15. The SMILES string of the molecule is CC1(Cl)CC/C1=C\C(=O)c1ccc(F)cc1. The van der Waals surface area contributed by atoms with Gasteiger partial charge in [0.1, 0.15) is 5.82 Å². The number of halogens is 2. The fraction of sp³-hybridized carbons (Fsp3) is 0.308. The minimum Gasteiger partial charge on any atom is -0.289 e. The molecule has 1 saturated carbocycles. The highest BCUT2D eigenvalue weighted by molar-refractivity contribution is 6.27. The molecule has 1 aromatic carbocycles. The van der Waals surface area contributed by atoms with Gasteiger partial charge in [-0.25, -0.2) is 4.39 Å². The van der Waals surface area contributed by atoms with Gasteiger partial charge in [0.2, 0.25) is 0 Å². The maximum Gasteiger partial charge on any atom is 0.185 e. The van der Waals surface area contributed by atoms with Crippen molar-refractivity contribution in [2.24, 2.45) is 0 Å². The topological polar surface area (TPSA) is 17.1 Å². The molecule has 2 rings (SSSR count). The lowest BCUT2D eigenvalue weighted by atomic mass is 9.79. The Kier molecular flexibility index (Phi) is 2.85. The third-order valence-corrected chi connectivity index (χ3v) is 3.40. The molecule has 0 bridgehead atoms. The number of hydrogen-bond donors (Lipinski definition) is 0. The molecule has 0 N–H and O–H groups in total. The van der Waals surface area contributed by atoms with Crippen molar-refractivity contribution in [3.63, 3.8) is 0 Å². The second-order valence-electron chi connectivity index (χ2n) is 4.24. The summed E-state index contributed by atoms with van der Waals surface area (Å²) in [6, 6.07) is 5.54. The van der Waals surface area contributed by atoms with Crippen LogP contribution in [0.3, 0.4) is 0 Å². The molecule has 84 valence electrons. The van der Waals surface area contributed by atoms with Gasteiger partial charge in [0, 0.05) is 5.56 Å². The van der Waals surface area contributed by atoms with Crippen molar-refractivity contribution in [3.05, 3.63) is 47.3 Å². The average molecular weight is 239 g/mol. The van der Waals surface area contributed by atoms with Crippen molar-refractivity contribution in [3.8, 4) is 0 Å². The average Bonchev–Trinajstić information content (AvgIpc) is 2.25. The fourth-order valence-electron chi connectivity index (χ4n) is 1.69. The second kappa shape index (κ2) is 4.02. The van der Waals surface area contributed by atoms with Crippen LogP contribution in [0.25, 0.3) is 0 Å². The summed E-state index contributed by atoms with van der Waals surface area (Å²) in [5.74, 6) is -0.448. The van der Waals surface area contributed by atoms with Gasteiger partial charge in [-0.05, 0) is 55.7 Å². The van der Waals surface area contributed by atoms with E-state index in [2.05, 4.69) is 0 Å². The number of ketones is 1. The van der Waals surface area contributed by atoms with Crippen LogP contribution in [-0.2, 0) is 0 Å². The molecule has 3 heteroatoms. The largest absolute Gasteiger partial charge is 0.289 e.